The summed E-state index contributed by atoms with van der Waals surface area (Å²) >= 11 is 0. The molecule has 0 amide bonds. The molecule has 1 rings (SSSR count). The van der Waals surface area contributed by atoms with Gasteiger partial charge in [-0.25, -0.2) is 4.79 Å². The molecule has 1 aromatic heterocycles. The highest BCUT2D eigenvalue weighted by atomic mass is 19.3. The van der Waals surface area contributed by atoms with Gasteiger partial charge in [-0.15, -0.1) is 0 Å². The lowest BCUT2D eigenvalue weighted by atomic mass is 10.2. The van der Waals surface area contributed by atoms with Gasteiger partial charge >= 0.3 is 11.9 Å². The molecule has 1 heterocycles. The second kappa shape index (κ2) is 4.20. The van der Waals surface area contributed by atoms with Crippen LogP contribution in [0.2, 0.25) is 0 Å². The SMILES string of the molecule is CCOC(=O)C(F)(F)c1ncccc1O. The number of ether oxygens (including phenoxy) is 1. The van der Waals surface area contributed by atoms with Crippen LogP contribution < -0.4 is 0 Å². The Kier molecular flexibility index (Phi) is 3.18. The quantitative estimate of drug-likeness (QED) is 0.778. The van der Waals surface area contributed by atoms with Gasteiger partial charge in [-0.2, -0.15) is 8.78 Å². The van der Waals surface area contributed by atoms with E-state index in [1.807, 2.05) is 0 Å². The Labute approximate surface area is 84.5 Å². The van der Waals surface area contributed by atoms with Crippen LogP contribution in [0.1, 0.15) is 12.6 Å². The molecule has 0 aliphatic heterocycles. The number of aromatic hydroxyl groups is 1. The fourth-order valence-corrected chi connectivity index (χ4v) is 0.957. The van der Waals surface area contributed by atoms with Crippen molar-refractivity contribution in [3.05, 3.63) is 24.0 Å². The monoisotopic (exact) mass is 217 g/mol. The second-order valence-corrected chi connectivity index (χ2v) is 2.67. The van der Waals surface area contributed by atoms with Crippen molar-refractivity contribution in [2.75, 3.05) is 6.61 Å². The maximum absolute atomic E-state index is 13.3. The summed E-state index contributed by atoms with van der Waals surface area (Å²) in [5.74, 6) is -6.39. The van der Waals surface area contributed by atoms with Gasteiger partial charge < -0.3 is 9.84 Å². The van der Waals surface area contributed by atoms with E-state index in [1.165, 1.54) is 13.0 Å². The summed E-state index contributed by atoms with van der Waals surface area (Å²) in [6.45, 7) is 1.24. The minimum atomic E-state index is -3.93. The third-order valence-electron chi connectivity index (χ3n) is 1.62. The van der Waals surface area contributed by atoms with Gasteiger partial charge in [0.1, 0.15) is 5.75 Å². The topological polar surface area (TPSA) is 59.4 Å². The smallest absolute Gasteiger partial charge is 0.388 e. The van der Waals surface area contributed by atoms with Gasteiger partial charge in [0, 0.05) is 6.20 Å². The van der Waals surface area contributed by atoms with Gasteiger partial charge in [0.2, 0.25) is 0 Å². The molecule has 0 atom stereocenters. The van der Waals surface area contributed by atoms with Crippen LogP contribution in [0.5, 0.6) is 5.75 Å². The molecule has 1 aromatic rings. The van der Waals surface area contributed by atoms with E-state index in [0.717, 1.165) is 12.3 Å². The van der Waals surface area contributed by atoms with E-state index in [-0.39, 0.29) is 6.61 Å². The molecule has 0 saturated carbocycles. The number of halogens is 2. The van der Waals surface area contributed by atoms with Crippen molar-refractivity contribution in [1.82, 2.24) is 4.98 Å². The van der Waals surface area contributed by atoms with Crippen molar-refractivity contribution < 1.29 is 23.4 Å². The largest absolute Gasteiger partial charge is 0.506 e. The summed E-state index contributed by atoms with van der Waals surface area (Å²) in [5.41, 5.74) is -0.997. The number of nitrogens with zero attached hydrogens (tertiary/aromatic N) is 1. The Hall–Kier alpha value is -1.72. The number of rotatable bonds is 3. The zero-order valence-electron chi connectivity index (χ0n) is 7.91. The third kappa shape index (κ3) is 2.20. The summed E-state index contributed by atoms with van der Waals surface area (Å²) in [7, 11) is 0. The van der Waals surface area contributed by atoms with Crippen molar-refractivity contribution in [3.63, 3.8) is 0 Å². The summed E-state index contributed by atoms with van der Waals surface area (Å²) in [6.07, 6.45) is 1.06. The first-order chi connectivity index (χ1) is 7.00. The highest BCUT2D eigenvalue weighted by molar-refractivity contribution is 5.79. The maximum Gasteiger partial charge on any atom is 0.388 e. The highest BCUT2D eigenvalue weighted by Gasteiger charge is 2.46. The third-order valence-corrected chi connectivity index (χ3v) is 1.62. The van der Waals surface area contributed by atoms with Crippen LogP contribution in [-0.4, -0.2) is 22.7 Å². The molecule has 0 unspecified atom stereocenters. The molecule has 0 aromatic carbocycles. The number of carbonyl (C=O) groups is 1. The van der Waals surface area contributed by atoms with E-state index in [2.05, 4.69) is 9.72 Å². The lowest BCUT2D eigenvalue weighted by Gasteiger charge is -2.14. The predicted octanol–water partition coefficient (Wildman–Crippen LogP) is 1.44. The first-order valence-electron chi connectivity index (χ1n) is 4.19. The second-order valence-electron chi connectivity index (χ2n) is 2.67. The van der Waals surface area contributed by atoms with Crippen LogP contribution in [0.15, 0.2) is 18.3 Å². The normalized spacial score (nSPS) is 11.1. The Morgan fingerprint density at radius 1 is 1.67 bits per heavy atom. The summed E-state index contributed by atoms with van der Waals surface area (Å²) in [4.78, 5) is 14.1. The Morgan fingerprint density at radius 2 is 2.33 bits per heavy atom. The molecule has 1 N–H and O–H groups in total. The first kappa shape index (κ1) is 11.4. The van der Waals surface area contributed by atoms with E-state index in [0.29, 0.717) is 0 Å². The van der Waals surface area contributed by atoms with Crippen molar-refractivity contribution in [1.29, 1.82) is 0 Å². The number of alkyl halides is 2. The molecule has 0 radical (unpaired) electrons. The Bertz CT molecular complexity index is 368. The molecule has 82 valence electrons. The van der Waals surface area contributed by atoms with Gasteiger partial charge in [0.25, 0.3) is 0 Å². The van der Waals surface area contributed by atoms with Gasteiger partial charge in [0.15, 0.2) is 5.69 Å². The molecule has 0 aliphatic carbocycles. The van der Waals surface area contributed by atoms with E-state index in [1.54, 1.807) is 0 Å². The Balaban J connectivity index is 3.05. The average Bonchev–Trinajstić information content (AvgIpc) is 2.18. The van der Waals surface area contributed by atoms with Crippen LogP contribution >= 0.6 is 0 Å². The number of hydrogen-bond donors (Lipinski definition) is 1. The fourth-order valence-electron chi connectivity index (χ4n) is 0.957. The number of carbonyl (C=O) groups excluding carboxylic acids is 1. The summed E-state index contributed by atoms with van der Waals surface area (Å²) in [5, 5.41) is 9.11. The van der Waals surface area contributed by atoms with Gasteiger partial charge in [0.05, 0.1) is 6.61 Å². The number of aromatic nitrogens is 1. The lowest BCUT2D eigenvalue weighted by Crippen LogP contribution is -2.29. The van der Waals surface area contributed by atoms with Crippen LogP contribution in [0.3, 0.4) is 0 Å². The van der Waals surface area contributed by atoms with Gasteiger partial charge in [-0.3, -0.25) is 4.98 Å². The van der Waals surface area contributed by atoms with Crippen molar-refractivity contribution in [3.8, 4) is 5.75 Å². The summed E-state index contributed by atoms with van der Waals surface area (Å²) < 4.78 is 30.8. The fraction of sp³-hybridized carbons (Fsp3) is 0.333. The number of pyridine rings is 1. The zero-order valence-corrected chi connectivity index (χ0v) is 7.91. The van der Waals surface area contributed by atoms with E-state index in [9.17, 15) is 13.6 Å². The molecular weight excluding hydrogens is 208 g/mol. The molecular formula is C9H9F2NO3. The van der Waals surface area contributed by atoms with Gasteiger partial charge in [-0.05, 0) is 19.1 Å². The molecule has 0 spiro atoms. The molecule has 0 saturated heterocycles. The molecule has 15 heavy (non-hydrogen) atoms. The lowest BCUT2D eigenvalue weighted by molar-refractivity contribution is -0.173. The van der Waals surface area contributed by atoms with E-state index < -0.39 is 23.3 Å². The molecule has 0 aliphatic rings. The Morgan fingerprint density at radius 3 is 2.87 bits per heavy atom. The first-order valence-corrected chi connectivity index (χ1v) is 4.19. The van der Waals surface area contributed by atoms with Crippen LogP contribution in [-0.2, 0) is 15.5 Å². The van der Waals surface area contributed by atoms with Crippen molar-refractivity contribution >= 4 is 5.97 Å². The zero-order chi connectivity index (χ0) is 11.5. The average molecular weight is 217 g/mol. The van der Waals surface area contributed by atoms with Crippen molar-refractivity contribution in [2.24, 2.45) is 0 Å². The minimum Gasteiger partial charge on any atom is -0.506 e. The molecule has 0 bridgehead atoms. The molecule has 4 nitrogen and oxygen atoms in total. The van der Waals surface area contributed by atoms with Crippen molar-refractivity contribution in [2.45, 2.75) is 12.8 Å². The predicted molar refractivity (Wildman–Crippen MR) is 46.4 cm³/mol. The molecule has 0 fully saturated rings. The van der Waals surface area contributed by atoms with E-state index in [4.69, 9.17) is 5.11 Å². The van der Waals surface area contributed by atoms with Crippen LogP contribution in [0.25, 0.3) is 0 Å². The summed E-state index contributed by atoms with van der Waals surface area (Å²) in [6, 6.07) is 2.30. The molecule has 6 heteroatoms. The highest BCUT2D eigenvalue weighted by Crippen LogP contribution is 2.33. The standard InChI is InChI=1S/C9H9F2NO3/c1-2-15-8(14)9(10,11)7-6(13)4-3-5-12-7/h3-5,13H,2H2,1H3. The van der Waals surface area contributed by atoms with Crippen LogP contribution in [0.4, 0.5) is 8.78 Å². The number of esters is 1. The van der Waals surface area contributed by atoms with Gasteiger partial charge in [-0.1, -0.05) is 0 Å². The minimum absolute atomic E-state index is 0.165. The maximum atomic E-state index is 13.3. The van der Waals surface area contributed by atoms with E-state index >= 15 is 0 Å². The van der Waals surface area contributed by atoms with Crippen LogP contribution in [0, 0.1) is 0 Å². The number of hydrogen-bond acceptors (Lipinski definition) is 4.